The maximum atomic E-state index is 14.2. The highest BCUT2D eigenvalue weighted by Gasteiger charge is 2.09. The molecule has 0 saturated heterocycles. The monoisotopic (exact) mass is 308 g/mol. The second kappa shape index (κ2) is 7.22. The van der Waals surface area contributed by atoms with Gasteiger partial charge in [-0.25, -0.2) is 14.4 Å². The van der Waals surface area contributed by atoms with E-state index in [1.807, 2.05) is 24.8 Å². The standard InChI is InChI=1S/C15H18ClFN4/c1-3-21(4-2)14-6-5-11(7-13(14)17)8-19-15-12(16)9-18-10-20-15/h5-7,9-10H,3-4,8H2,1-2H3,(H,18,19,20). The maximum absolute atomic E-state index is 14.2. The molecular formula is C15H18ClFN4. The van der Waals surface area contributed by atoms with Gasteiger partial charge < -0.3 is 10.2 Å². The summed E-state index contributed by atoms with van der Waals surface area (Å²) in [6.07, 6.45) is 2.93. The lowest BCUT2D eigenvalue weighted by atomic mass is 10.1. The van der Waals surface area contributed by atoms with Gasteiger partial charge in [0, 0.05) is 19.6 Å². The summed E-state index contributed by atoms with van der Waals surface area (Å²) in [5, 5.41) is 3.51. The molecule has 112 valence electrons. The third kappa shape index (κ3) is 3.82. The van der Waals surface area contributed by atoms with Crippen molar-refractivity contribution >= 4 is 23.1 Å². The van der Waals surface area contributed by atoms with E-state index in [0.717, 1.165) is 18.7 Å². The first-order valence-corrected chi connectivity index (χ1v) is 7.26. The van der Waals surface area contributed by atoms with Crippen molar-refractivity contribution in [2.24, 2.45) is 0 Å². The molecule has 1 N–H and O–H groups in total. The van der Waals surface area contributed by atoms with E-state index in [1.165, 1.54) is 18.6 Å². The Hall–Kier alpha value is -1.88. The lowest BCUT2D eigenvalue weighted by molar-refractivity contribution is 0.618. The molecule has 0 spiro atoms. The number of hydrogen-bond acceptors (Lipinski definition) is 4. The Balaban J connectivity index is 2.09. The van der Waals surface area contributed by atoms with Crippen LogP contribution in [0.5, 0.6) is 0 Å². The number of hydrogen-bond donors (Lipinski definition) is 1. The zero-order valence-electron chi connectivity index (χ0n) is 12.1. The van der Waals surface area contributed by atoms with Crippen LogP contribution in [0.4, 0.5) is 15.9 Å². The second-order valence-electron chi connectivity index (χ2n) is 4.53. The van der Waals surface area contributed by atoms with Crippen LogP contribution in [0.1, 0.15) is 19.4 Å². The van der Waals surface area contributed by atoms with E-state index in [9.17, 15) is 4.39 Å². The summed E-state index contributed by atoms with van der Waals surface area (Å²) < 4.78 is 14.2. The molecule has 4 nitrogen and oxygen atoms in total. The molecule has 1 heterocycles. The Bertz CT molecular complexity index is 602. The van der Waals surface area contributed by atoms with Crippen LogP contribution in [-0.2, 0) is 6.54 Å². The van der Waals surface area contributed by atoms with Crippen LogP contribution >= 0.6 is 11.6 Å². The van der Waals surface area contributed by atoms with Crippen molar-refractivity contribution in [1.29, 1.82) is 0 Å². The summed E-state index contributed by atoms with van der Waals surface area (Å²) in [5.74, 6) is 0.326. The predicted octanol–water partition coefficient (Wildman–Crippen LogP) is 3.73. The summed E-state index contributed by atoms with van der Waals surface area (Å²) in [5.41, 5.74) is 1.46. The molecule has 2 rings (SSSR count). The number of nitrogens with one attached hydrogen (secondary N) is 1. The Morgan fingerprint density at radius 1 is 1.29 bits per heavy atom. The highest BCUT2D eigenvalue weighted by Crippen LogP contribution is 2.22. The molecule has 21 heavy (non-hydrogen) atoms. The van der Waals surface area contributed by atoms with Crippen LogP contribution in [0.25, 0.3) is 0 Å². The number of anilines is 2. The summed E-state index contributed by atoms with van der Waals surface area (Å²) >= 11 is 5.96. The van der Waals surface area contributed by atoms with Gasteiger partial charge in [-0.1, -0.05) is 17.7 Å². The van der Waals surface area contributed by atoms with Crippen molar-refractivity contribution in [1.82, 2.24) is 9.97 Å². The summed E-state index contributed by atoms with van der Waals surface area (Å²) in [7, 11) is 0. The lowest BCUT2D eigenvalue weighted by Crippen LogP contribution is -2.23. The van der Waals surface area contributed by atoms with Gasteiger partial charge >= 0.3 is 0 Å². The van der Waals surface area contributed by atoms with Crippen molar-refractivity contribution < 1.29 is 4.39 Å². The average molecular weight is 309 g/mol. The number of halogens is 2. The van der Waals surface area contributed by atoms with E-state index >= 15 is 0 Å². The Morgan fingerprint density at radius 3 is 2.67 bits per heavy atom. The zero-order valence-corrected chi connectivity index (χ0v) is 12.9. The minimum absolute atomic E-state index is 0.216. The van der Waals surface area contributed by atoms with Crippen molar-refractivity contribution in [3.8, 4) is 0 Å². The largest absolute Gasteiger partial charge is 0.370 e. The molecular weight excluding hydrogens is 291 g/mol. The minimum Gasteiger partial charge on any atom is -0.370 e. The normalized spacial score (nSPS) is 10.5. The van der Waals surface area contributed by atoms with Gasteiger partial charge in [0.15, 0.2) is 0 Å². The van der Waals surface area contributed by atoms with Gasteiger partial charge in [-0.2, -0.15) is 0 Å². The number of aromatic nitrogens is 2. The number of benzene rings is 1. The van der Waals surface area contributed by atoms with Crippen molar-refractivity contribution in [3.63, 3.8) is 0 Å². The summed E-state index contributed by atoms with van der Waals surface area (Å²) in [6.45, 7) is 6.03. The number of rotatable bonds is 6. The SMILES string of the molecule is CCN(CC)c1ccc(CNc2ncncc2Cl)cc1F. The van der Waals surface area contributed by atoms with Gasteiger partial charge in [-0.05, 0) is 31.5 Å². The van der Waals surface area contributed by atoms with Crippen LogP contribution in [0.15, 0.2) is 30.7 Å². The third-order valence-electron chi connectivity index (χ3n) is 3.24. The molecule has 6 heteroatoms. The topological polar surface area (TPSA) is 41.0 Å². The summed E-state index contributed by atoms with van der Waals surface area (Å²) in [6, 6.07) is 5.25. The van der Waals surface area contributed by atoms with Crippen LogP contribution in [-0.4, -0.2) is 23.1 Å². The summed E-state index contributed by atoms with van der Waals surface area (Å²) in [4.78, 5) is 9.83. The van der Waals surface area contributed by atoms with Crippen molar-refractivity contribution in [2.75, 3.05) is 23.3 Å². The molecule has 0 unspecified atom stereocenters. The van der Waals surface area contributed by atoms with Crippen LogP contribution in [0.3, 0.4) is 0 Å². The molecule has 1 aromatic heterocycles. The molecule has 0 saturated carbocycles. The Kier molecular flexibility index (Phi) is 5.33. The Labute approximate surface area is 129 Å². The highest BCUT2D eigenvalue weighted by molar-refractivity contribution is 6.32. The first kappa shape index (κ1) is 15.5. The molecule has 0 aliphatic rings. The molecule has 1 aromatic carbocycles. The first-order valence-electron chi connectivity index (χ1n) is 6.88. The quantitative estimate of drug-likeness (QED) is 0.883. The van der Waals surface area contributed by atoms with Gasteiger partial charge in [-0.3, -0.25) is 0 Å². The van der Waals surface area contributed by atoms with Gasteiger partial charge in [0.25, 0.3) is 0 Å². The highest BCUT2D eigenvalue weighted by atomic mass is 35.5. The van der Waals surface area contributed by atoms with Crippen molar-refractivity contribution in [2.45, 2.75) is 20.4 Å². The third-order valence-corrected chi connectivity index (χ3v) is 3.52. The lowest BCUT2D eigenvalue weighted by Gasteiger charge is -2.22. The molecule has 0 amide bonds. The molecule has 0 aliphatic carbocycles. The van der Waals surface area contributed by atoms with Crippen molar-refractivity contribution in [3.05, 3.63) is 47.1 Å². The first-order chi connectivity index (χ1) is 10.2. The fourth-order valence-electron chi connectivity index (χ4n) is 2.11. The van der Waals surface area contributed by atoms with Crippen LogP contribution in [0, 0.1) is 5.82 Å². The van der Waals surface area contributed by atoms with E-state index < -0.39 is 0 Å². The van der Waals surface area contributed by atoms with E-state index in [0.29, 0.717) is 23.1 Å². The predicted molar refractivity (Wildman–Crippen MR) is 84.3 cm³/mol. The van der Waals surface area contributed by atoms with Crippen LogP contribution in [0.2, 0.25) is 5.02 Å². The van der Waals surface area contributed by atoms with Gasteiger partial charge in [0.1, 0.15) is 23.0 Å². The second-order valence-corrected chi connectivity index (χ2v) is 4.94. The zero-order chi connectivity index (χ0) is 15.2. The van der Waals surface area contributed by atoms with Gasteiger partial charge in [0.05, 0.1) is 11.9 Å². The number of nitrogens with zero attached hydrogens (tertiary/aromatic N) is 3. The van der Waals surface area contributed by atoms with E-state index in [1.54, 1.807) is 6.07 Å². The van der Waals surface area contributed by atoms with Crippen LogP contribution < -0.4 is 10.2 Å². The van der Waals surface area contributed by atoms with E-state index in [4.69, 9.17) is 11.6 Å². The maximum Gasteiger partial charge on any atom is 0.148 e. The smallest absolute Gasteiger partial charge is 0.148 e. The van der Waals surface area contributed by atoms with Gasteiger partial charge in [-0.15, -0.1) is 0 Å². The molecule has 0 aliphatic heterocycles. The van der Waals surface area contributed by atoms with E-state index in [-0.39, 0.29) is 5.82 Å². The molecule has 0 radical (unpaired) electrons. The molecule has 0 atom stereocenters. The van der Waals surface area contributed by atoms with E-state index in [2.05, 4.69) is 15.3 Å². The molecule has 2 aromatic rings. The fourth-order valence-corrected chi connectivity index (χ4v) is 2.28. The molecule has 0 bridgehead atoms. The average Bonchev–Trinajstić information content (AvgIpc) is 2.49. The fraction of sp³-hybridized carbons (Fsp3) is 0.333. The Morgan fingerprint density at radius 2 is 2.05 bits per heavy atom. The molecule has 0 fully saturated rings. The minimum atomic E-state index is -0.216. The van der Waals surface area contributed by atoms with Gasteiger partial charge in [0.2, 0.25) is 0 Å².